The van der Waals surface area contributed by atoms with Crippen molar-refractivity contribution in [3.05, 3.63) is 65.2 Å². The molecule has 0 bridgehead atoms. The molecule has 0 amide bonds. The van der Waals surface area contributed by atoms with Gasteiger partial charge in [0.15, 0.2) is 17.3 Å². The van der Waals surface area contributed by atoms with Crippen LogP contribution in [0.1, 0.15) is 27.1 Å². The maximum atomic E-state index is 12.5. The highest BCUT2D eigenvalue weighted by atomic mass is 16.5. The fourth-order valence-corrected chi connectivity index (χ4v) is 2.68. The molecule has 0 fully saturated rings. The summed E-state index contributed by atoms with van der Waals surface area (Å²) < 4.78 is 20.8. The summed E-state index contributed by atoms with van der Waals surface area (Å²) in [6.45, 7) is -0.240. The SMILES string of the molecule is COc1ccc(C(=O)OCC/C(=C\C(=O)c2ccccc2)C(=O)O)c(OC)c1OC. The van der Waals surface area contributed by atoms with E-state index in [1.54, 1.807) is 30.3 Å². The minimum Gasteiger partial charge on any atom is -0.493 e. The van der Waals surface area contributed by atoms with Gasteiger partial charge in [0, 0.05) is 17.6 Å². The van der Waals surface area contributed by atoms with E-state index >= 15 is 0 Å². The van der Waals surface area contributed by atoms with Gasteiger partial charge in [-0.15, -0.1) is 0 Å². The Labute approximate surface area is 173 Å². The van der Waals surface area contributed by atoms with Crippen LogP contribution in [0.3, 0.4) is 0 Å². The summed E-state index contributed by atoms with van der Waals surface area (Å²) in [6.07, 6.45) is 0.887. The second-order valence-electron chi connectivity index (χ2n) is 5.97. The number of ether oxygens (including phenoxy) is 4. The molecule has 0 aliphatic heterocycles. The van der Waals surface area contributed by atoms with Crippen LogP contribution < -0.4 is 14.2 Å². The standard InChI is InChI=1S/C22H22O8/c1-27-18-10-9-16(19(28-2)20(18)29-3)22(26)30-12-11-15(21(24)25)13-17(23)14-7-5-4-6-8-14/h4-10,13H,11-12H2,1-3H3,(H,24,25)/b15-13+. The Morgan fingerprint density at radius 3 is 2.13 bits per heavy atom. The van der Waals surface area contributed by atoms with Gasteiger partial charge in [-0.05, 0) is 18.2 Å². The van der Waals surface area contributed by atoms with Gasteiger partial charge in [-0.25, -0.2) is 9.59 Å². The summed E-state index contributed by atoms with van der Waals surface area (Å²) in [4.78, 5) is 36.1. The lowest BCUT2D eigenvalue weighted by Crippen LogP contribution is -2.12. The zero-order valence-corrected chi connectivity index (χ0v) is 16.8. The monoisotopic (exact) mass is 414 g/mol. The highest BCUT2D eigenvalue weighted by Crippen LogP contribution is 2.39. The number of aliphatic carboxylic acids is 1. The van der Waals surface area contributed by atoms with E-state index in [9.17, 15) is 19.5 Å². The van der Waals surface area contributed by atoms with Crippen molar-refractivity contribution in [3.8, 4) is 17.2 Å². The van der Waals surface area contributed by atoms with Crippen LogP contribution >= 0.6 is 0 Å². The predicted octanol–water partition coefficient (Wildman–Crippen LogP) is 3.15. The lowest BCUT2D eigenvalue weighted by atomic mass is 10.1. The summed E-state index contributed by atoms with van der Waals surface area (Å²) in [7, 11) is 4.23. The van der Waals surface area contributed by atoms with E-state index in [1.165, 1.54) is 33.5 Å². The normalized spacial score (nSPS) is 10.8. The van der Waals surface area contributed by atoms with Crippen LogP contribution in [0.4, 0.5) is 0 Å². The number of hydrogen-bond acceptors (Lipinski definition) is 7. The van der Waals surface area contributed by atoms with Crippen LogP contribution in [0, 0.1) is 0 Å². The summed E-state index contributed by atoms with van der Waals surface area (Å²) >= 11 is 0. The van der Waals surface area contributed by atoms with Crippen LogP contribution in [0.25, 0.3) is 0 Å². The minimum absolute atomic E-state index is 0.0939. The average molecular weight is 414 g/mol. The predicted molar refractivity (Wildman–Crippen MR) is 107 cm³/mol. The summed E-state index contributed by atoms with van der Waals surface area (Å²) in [5.41, 5.74) is 0.288. The second kappa shape index (κ2) is 10.7. The molecule has 30 heavy (non-hydrogen) atoms. The molecule has 0 heterocycles. The van der Waals surface area contributed by atoms with E-state index in [0.29, 0.717) is 11.3 Å². The first-order valence-corrected chi connectivity index (χ1v) is 8.92. The number of carbonyl (C=O) groups is 3. The van der Waals surface area contributed by atoms with Crippen molar-refractivity contribution < 1.29 is 38.4 Å². The topological polar surface area (TPSA) is 108 Å². The largest absolute Gasteiger partial charge is 0.493 e. The number of ketones is 1. The minimum atomic E-state index is -1.26. The zero-order chi connectivity index (χ0) is 22.1. The number of esters is 1. The number of rotatable bonds is 10. The first-order valence-electron chi connectivity index (χ1n) is 8.92. The third kappa shape index (κ3) is 5.38. The lowest BCUT2D eigenvalue weighted by Gasteiger charge is -2.15. The van der Waals surface area contributed by atoms with Gasteiger partial charge >= 0.3 is 11.9 Å². The van der Waals surface area contributed by atoms with Crippen molar-refractivity contribution in [1.82, 2.24) is 0 Å². The molecule has 0 atom stereocenters. The Bertz CT molecular complexity index is 947. The van der Waals surface area contributed by atoms with Gasteiger partial charge in [-0.1, -0.05) is 30.3 Å². The quantitative estimate of drug-likeness (QED) is 0.359. The molecule has 2 aromatic carbocycles. The first kappa shape index (κ1) is 22.5. The molecule has 0 saturated heterocycles. The molecule has 8 heteroatoms. The number of carboxylic acid groups (broad SMARTS) is 1. The number of allylic oxidation sites excluding steroid dienone is 1. The van der Waals surface area contributed by atoms with E-state index in [-0.39, 0.29) is 35.7 Å². The highest BCUT2D eigenvalue weighted by Gasteiger charge is 2.22. The van der Waals surface area contributed by atoms with Gasteiger partial charge in [0.25, 0.3) is 0 Å². The van der Waals surface area contributed by atoms with E-state index in [2.05, 4.69) is 0 Å². The van der Waals surface area contributed by atoms with Crippen molar-refractivity contribution in [3.63, 3.8) is 0 Å². The number of hydrogen-bond donors (Lipinski definition) is 1. The fourth-order valence-electron chi connectivity index (χ4n) is 2.68. The maximum Gasteiger partial charge on any atom is 0.342 e. The Morgan fingerprint density at radius 2 is 1.57 bits per heavy atom. The second-order valence-corrected chi connectivity index (χ2v) is 5.97. The molecule has 0 aromatic heterocycles. The molecular weight excluding hydrogens is 392 g/mol. The third-order valence-electron chi connectivity index (χ3n) is 4.17. The molecule has 8 nitrogen and oxygen atoms in total. The van der Waals surface area contributed by atoms with E-state index < -0.39 is 17.7 Å². The zero-order valence-electron chi connectivity index (χ0n) is 16.8. The lowest BCUT2D eigenvalue weighted by molar-refractivity contribution is -0.132. The third-order valence-corrected chi connectivity index (χ3v) is 4.17. The van der Waals surface area contributed by atoms with E-state index in [1.807, 2.05) is 0 Å². The number of methoxy groups -OCH3 is 3. The molecular formula is C22H22O8. The van der Waals surface area contributed by atoms with Crippen molar-refractivity contribution in [2.75, 3.05) is 27.9 Å². The van der Waals surface area contributed by atoms with Crippen LogP contribution in [0.2, 0.25) is 0 Å². The van der Waals surface area contributed by atoms with Crippen molar-refractivity contribution >= 4 is 17.7 Å². The van der Waals surface area contributed by atoms with Crippen LogP contribution in [0.5, 0.6) is 17.2 Å². The molecule has 1 N–H and O–H groups in total. The molecule has 0 radical (unpaired) electrons. The van der Waals surface area contributed by atoms with E-state index in [4.69, 9.17) is 18.9 Å². The van der Waals surface area contributed by atoms with Crippen molar-refractivity contribution in [1.29, 1.82) is 0 Å². The van der Waals surface area contributed by atoms with Gasteiger partial charge in [0.2, 0.25) is 5.75 Å². The fraction of sp³-hybridized carbons (Fsp3) is 0.227. The van der Waals surface area contributed by atoms with Crippen LogP contribution in [-0.4, -0.2) is 50.8 Å². The molecule has 0 spiro atoms. The molecule has 0 aliphatic carbocycles. The molecule has 0 saturated carbocycles. The van der Waals surface area contributed by atoms with Crippen LogP contribution in [0.15, 0.2) is 54.1 Å². The van der Waals surface area contributed by atoms with Gasteiger partial charge in [-0.3, -0.25) is 4.79 Å². The average Bonchev–Trinajstić information content (AvgIpc) is 2.77. The van der Waals surface area contributed by atoms with Crippen molar-refractivity contribution in [2.45, 2.75) is 6.42 Å². The molecule has 158 valence electrons. The van der Waals surface area contributed by atoms with Gasteiger partial charge in [0.1, 0.15) is 5.56 Å². The number of carbonyl (C=O) groups excluding carboxylic acids is 2. The molecule has 2 rings (SSSR count). The number of carboxylic acids is 1. The smallest absolute Gasteiger partial charge is 0.342 e. The molecule has 2 aromatic rings. The number of benzene rings is 2. The molecule has 0 unspecified atom stereocenters. The van der Waals surface area contributed by atoms with Crippen molar-refractivity contribution in [2.24, 2.45) is 0 Å². The van der Waals surface area contributed by atoms with Gasteiger partial charge < -0.3 is 24.1 Å². The van der Waals surface area contributed by atoms with Gasteiger partial charge in [-0.2, -0.15) is 0 Å². The Hall–Kier alpha value is -3.81. The van der Waals surface area contributed by atoms with Gasteiger partial charge in [0.05, 0.1) is 27.9 Å². The Morgan fingerprint density at radius 1 is 0.900 bits per heavy atom. The highest BCUT2D eigenvalue weighted by molar-refractivity contribution is 6.08. The summed E-state index contributed by atoms with van der Waals surface area (Å²) in [6, 6.07) is 11.3. The molecule has 0 aliphatic rings. The van der Waals surface area contributed by atoms with Crippen LogP contribution in [-0.2, 0) is 9.53 Å². The first-order chi connectivity index (χ1) is 14.4. The van der Waals surface area contributed by atoms with E-state index in [0.717, 1.165) is 6.08 Å². The maximum absolute atomic E-state index is 12.5. The Balaban J connectivity index is 2.11. The summed E-state index contributed by atoms with van der Waals surface area (Å²) in [5.74, 6) is -1.70. The Kier molecular flexibility index (Phi) is 7.99. The summed E-state index contributed by atoms with van der Waals surface area (Å²) in [5, 5.41) is 9.35.